The zero-order chi connectivity index (χ0) is 24.7. The molecule has 4 heteroatoms. The molecule has 0 aliphatic rings. The largest absolute Gasteiger partial charge is 0.334 e. The number of hydrogen-bond acceptors (Lipinski definition) is 2. The number of rotatable bonds is 1. The first-order chi connectivity index (χ1) is 18.2. The van der Waals surface area contributed by atoms with Crippen molar-refractivity contribution in [2.75, 3.05) is 0 Å². The smallest absolute Gasteiger partial charge is 0.296 e. The summed E-state index contributed by atoms with van der Waals surface area (Å²) in [5.74, 6) is 0. The van der Waals surface area contributed by atoms with Gasteiger partial charge in [0.1, 0.15) is 0 Å². The molecule has 0 bridgehead atoms. The second-order valence-corrected chi connectivity index (χ2v) is 9.69. The van der Waals surface area contributed by atoms with E-state index in [1.807, 2.05) is 31.3 Å². The van der Waals surface area contributed by atoms with Gasteiger partial charge >= 0.3 is 5.69 Å². The quantitative estimate of drug-likeness (QED) is 0.231. The molecule has 6 aromatic carbocycles. The van der Waals surface area contributed by atoms with E-state index in [4.69, 9.17) is 4.98 Å². The number of para-hydroxylation sites is 2. The Morgan fingerprint density at radius 1 is 0.622 bits per heavy atom. The maximum atomic E-state index is 13.5. The lowest BCUT2D eigenvalue weighted by Crippen LogP contribution is -2.24. The number of aromatic nitrogens is 3. The predicted octanol–water partition coefficient (Wildman–Crippen LogP) is 7.47. The van der Waals surface area contributed by atoms with Crippen LogP contribution in [-0.2, 0) is 7.05 Å². The minimum Gasteiger partial charge on any atom is -0.296 e. The van der Waals surface area contributed by atoms with E-state index in [0.29, 0.717) is 5.65 Å². The SMILES string of the molecule is Cn1c(=O)n2c3ccccc3nc2c2ccc(-c3cc4ccc5ccccc5c4c4ccccc34)cc21. The molecular weight excluding hydrogens is 454 g/mol. The van der Waals surface area contributed by atoms with Crippen molar-refractivity contribution in [3.63, 3.8) is 0 Å². The molecule has 2 aromatic heterocycles. The van der Waals surface area contributed by atoms with Gasteiger partial charge in [0, 0.05) is 12.4 Å². The molecule has 0 N–H and O–H groups in total. The lowest BCUT2D eigenvalue weighted by molar-refractivity contribution is 0.836. The normalized spacial score (nSPS) is 12.0. The van der Waals surface area contributed by atoms with E-state index >= 15 is 0 Å². The van der Waals surface area contributed by atoms with E-state index in [-0.39, 0.29) is 5.69 Å². The van der Waals surface area contributed by atoms with E-state index in [1.165, 1.54) is 32.3 Å². The topological polar surface area (TPSA) is 39.3 Å². The molecule has 0 aliphatic heterocycles. The summed E-state index contributed by atoms with van der Waals surface area (Å²) in [4.78, 5) is 18.3. The summed E-state index contributed by atoms with van der Waals surface area (Å²) in [5, 5.41) is 8.37. The molecule has 0 unspecified atom stereocenters. The molecule has 2 heterocycles. The van der Waals surface area contributed by atoms with Crippen LogP contribution in [0.3, 0.4) is 0 Å². The van der Waals surface area contributed by atoms with Gasteiger partial charge < -0.3 is 0 Å². The minimum atomic E-state index is -0.0943. The van der Waals surface area contributed by atoms with Crippen molar-refractivity contribution in [3.8, 4) is 11.1 Å². The fraction of sp³-hybridized carbons (Fsp3) is 0.0303. The van der Waals surface area contributed by atoms with Crippen LogP contribution < -0.4 is 5.69 Å². The van der Waals surface area contributed by atoms with Crippen LogP contribution in [-0.4, -0.2) is 14.0 Å². The number of nitrogens with zero attached hydrogens (tertiary/aromatic N) is 3. The summed E-state index contributed by atoms with van der Waals surface area (Å²) in [6.45, 7) is 0. The van der Waals surface area contributed by atoms with Gasteiger partial charge in [-0.15, -0.1) is 0 Å². The first-order valence-electron chi connectivity index (χ1n) is 12.4. The molecule has 0 saturated heterocycles. The molecule has 0 amide bonds. The summed E-state index contributed by atoms with van der Waals surface area (Å²) in [6.07, 6.45) is 0. The van der Waals surface area contributed by atoms with Crippen molar-refractivity contribution >= 4 is 59.9 Å². The molecule has 0 saturated carbocycles. The first kappa shape index (κ1) is 20.3. The van der Waals surface area contributed by atoms with Crippen molar-refractivity contribution in [2.45, 2.75) is 0 Å². The third-order valence-electron chi connectivity index (χ3n) is 7.70. The van der Waals surface area contributed by atoms with Gasteiger partial charge in [0.15, 0.2) is 5.65 Å². The Balaban J connectivity index is 1.47. The van der Waals surface area contributed by atoms with Crippen molar-refractivity contribution in [1.29, 1.82) is 0 Å². The molecule has 8 aromatic rings. The van der Waals surface area contributed by atoms with E-state index in [1.54, 1.807) is 8.97 Å². The fourth-order valence-corrected chi connectivity index (χ4v) is 5.94. The molecule has 0 fully saturated rings. The van der Waals surface area contributed by atoms with Crippen molar-refractivity contribution < 1.29 is 0 Å². The van der Waals surface area contributed by atoms with Gasteiger partial charge in [-0.1, -0.05) is 78.9 Å². The van der Waals surface area contributed by atoms with Crippen molar-refractivity contribution in [1.82, 2.24) is 14.0 Å². The highest BCUT2D eigenvalue weighted by molar-refractivity contribution is 6.23. The Labute approximate surface area is 211 Å². The third-order valence-corrected chi connectivity index (χ3v) is 7.70. The summed E-state index contributed by atoms with van der Waals surface area (Å²) in [7, 11) is 1.84. The second-order valence-electron chi connectivity index (χ2n) is 9.69. The molecule has 8 rings (SSSR count). The monoisotopic (exact) mass is 475 g/mol. The van der Waals surface area contributed by atoms with Crippen molar-refractivity contribution in [2.24, 2.45) is 7.05 Å². The Hall–Kier alpha value is -4.96. The Morgan fingerprint density at radius 3 is 2.24 bits per heavy atom. The lowest BCUT2D eigenvalue weighted by Gasteiger charge is -2.14. The average molecular weight is 476 g/mol. The van der Waals surface area contributed by atoms with Crippen LogP contribution in [0.4, 0.5) is 0 Å². The van der Waals surface area contributed by atoms with Crippen LogP contribution >= 0.6 is 0 Å². The summed E-state index contributed by atoms with van der Waals surface area (Å²) < 4.78 is 3.45. The summed E-state index contributed by atoms with van der Waals surface area (Å²) in [6, 6.07) is 38.0. The van der Waals surface area contributed by atoms with Gasteiger partial charge in [-0.3, -0.25) is 4.57 Å². The zero-order valence-corrected chi connectivity index (χ0v) is 20.1. The maximum Gasteiger partial charge on any atom is 0.334 e. The molecule has 4 nitrogen and oxygen atoms in total. The van der Waals surface area contributed by atoms with Crippen LogP contribution in [0.2, 0.25) is 0 Å². The van der Waals surface area contributed by atoms with Gasteiger partial charge in [-0.05, 0) is 73.8 Å². The summed E-state index contributed by atoms with van der Waals surface area (Å²) in [5.41, 5.74) is 5.35. The Morgan fingerprint density at radius 2 is 1.35 bits per heavy atom. The highest BCUT2D eigenvalue weighted by Gasteiger charge is 2.16. The molecule has 0 aliphatic carbocycles. The number of imidazole rings is 1. The minimum absolute atomic E-state index is 0.0943. The number of benzene rings is 6. The highest BCUT2D eigenvalue weighted by atomic mass is 16.1. The van der Waals surface area contributed by atoms with Crippen molar-refractivity contribution in [3.05, 3.63) is 120 Å². The fourth-order valence-electron chi connectivity index (χ4n) is 5.94. The zero-order valence-electron chi connectivity index (χ0n) is 20.1. The van der Waals surface area contributed by atoms with E-state index in [9.17, 15) is 4.79 Å². The number of hydrogen-bond donors (Lipinski definition) is 0. The Bertz CT molecular complexity index is 2290. The Kier molecular flexibility index (Phi) is 3.98. The molecule has 0 radical (unpaired) electrons. The third kappa shape index (κ3) is 2.72. The van der Waals surface area contributed by atoms with E-state index < -0.39 is 0 Å². The van der Waals surface area contributed by atoms with Crippen LogP contribution in [0, 0.1) is 0 Å². The standard InChI is InChI=1S/C33H21N3O/c1-35-30-19-21(16-17-26(30)32-34-28-12-6-7-13-29(28)36(32)33(35)37)27-18-22-15-14-20-8-2-3-9-23(20)31(22)25-11-5-4-10-24(25)27/h2-19H,1H3. The highest BCUT2D eigenvalue weighted by Crippen LogP contribution is 2.39. The molecular formula is C33H21N3O. The van der Waals surface area contributed by atoms with Crippen LogP contribution in [0.25, 0.3) is 71.0 Å². The molecule has 0 spiro atoms. The van der Waals surface area contributed by atoms with Crippen LogP contribution in [0.1, 0.15) is 0 Å². The van der Waals surface area contributed by atoms with Crippen LogP contribution in [0.15, 0.2) is 114 Å². The van der Waals surface area contributed by atoms with Gasteiger partial charge in [-0.25, -0.2) is 14.2 Å². The maximum absolute atomic E-state index is 13.5. The first-order valence-corrected chi connectivity index (χ1v) is 12.4. The van der Waals surface area contributed by atoms with Gasteiger partial charge in [0.2, 0.25) is 0 Å². The van der Waals surface area contributed by atoms with Gasteiger partial charge in [-0.2, -0.15) is 0 Å². The molecule has 37 heavy (non-hydrogen) atoms. The number of aryl methyl sites for hydroxylation is 1. The van der Waals surface area contributed by atoms with E-state index in [0.717, 1.165) is 33.1 Å². The predicted molar refractivity (Wildman–Crippen MR) is 153 cm³/mol. The number of fused-ring (bicyclic) bond motifs is 10. The molecule has 174 valence electrons. The van der Waals surface area contributed by atoms with E-state index in [2.05, 4.69) is 84.9 Å². The average Bonchev–Trinajstić information content (AvgIpc) is 3.35. The molecule has 0 atom stereocenters. The second kappa shape index (κ2) is 7.28. The van der Waals surface area contributed by atoms with Gasteiger partial charge in [0.05, 0.1) is 16.6 Å². The summed E-state index contributed by atoms with van der Waals surface area (Å²) >= 11 is 0. The van der Waals surface area contributed by atoms with Crippen LogP contribution in [0.5, 0.6) is 0 Å². The lowest BCUT2D eigenvalue weighted by atomic mass is 9.90. The van der Waals surface area contributed by atoms with Gasteiger partial charge in [0.25, 0.3) is 0 Å².